The number of anilines is 2. The number of nitrogens with zero attached hydrogens (tertiary/aromatic N) is 3. The molecule has 0 spiro atoms. The van der Waals surface area contributed by atoms with E-state index in [-0.39, 0.29) is 5.91 Å². The number of unbranched alkanes of at least 4 members (excludes halogenated alkanes) is 2. The van der Waals surface area contributed by atoms with Gasteiger partial charge in [-0.2, -0.15) is 0 Å². The van der Waals surface area contributed by atoms with E-state index in [4.69, 9.17) is 9.72 Å². The molecule has 2 heterocycles. The van der Waals surface area contributed by atoms with Crippen LogP contribution in [0.2, 0.25) is 0 Å². The molecule has 2 aromatic carbocycles. The summed E-state index contributed by atoms with van der Waals surface area (Å²) in [5.74, 6) is -0.387. The lowest BCUT2D eigenvalue weighted by molar-refractivity contribution is -0.138. The normalized spacial score (nSPS) is 13.9. The summed E-state index contributed by atoms with van der Waals surface area (Å²) in [7, 11) is 0. The van der Waals surface area contributed by atoms with Gasteiger partial charge >= 0.3 is 5.97 Å². The van der Waals surface area contributed by atoms with Crippen molar-refractivity contribution in [1.82, 2.24) is 9.55 Å². The number of thioether (sulfide) groups is 1. The second-order valence-corrected chi connectivity index (χ2v) is 11.6. The molecule has 2 N–H and O–H groups in total. The van der Waals surface area contributed by atoms with Crippen LogP contribution in [0.1, 0.15) is 50.5 Å². The fourth-order valence-corrected chi connectivity index (χ4v) is 5.19. The lowest BCUT2D eigenvalue weighted by Crippen LogP contribution is -2.36. The van der Waals surface area contributed by atoms with Gasteiger partial charge < -0.3 is 24.6 Å². The lowest BCUT2D eigenvalue weighted by atomic mass is 10.2. The summed E-state index contributed by atoms with van der Waals surface area (Å²) in [5, 5.41) is 12.4. The number of carbonyl (C=O) groups is 2. The Morgan fingerprint density at radius 2 is 1.74 bits per heavy atom. The van der Waals surface area contributed by atoms with Crippen LogP contribution in [0, 0.1) is 0 Å². The molecule has 3 aromatic rings. The van der Waals surface area contributed by atoms with Crippen LogP contribution in [0.5, 0.6) is 0 Å². The van der Waals surface area contributed by atoms with Crippen molar-refractivity contribution in [3.63, 3.8) is 0 Å². The number of morpholine rings is 1. The zero-order valence-corrected chi connectivity index (χ0v) is 23.1. The number of imidazole rings is 1. The van der Waals surface area contributed by atoms with Crippen molar-refractivity contribution in [2.24, 2.45) is 0 Å². The van der Waals surface area contributed by atoms with E-state index in [2.05, 4.69) is 17.1 Å². The highest BCUT2D eigenvalue weighted by atomic mass is 32.2. The van der Waals surface area contributed by atoms with Crippen molar-refractivity contribution >= 4 is 35.0 Å². The summed E-state index contributed by atoms with van der Waals surface area (Å²) in [6, 6.07) is 15.5. The van der Waals surface area contributed by atoms with Crippen molar-refractivity contribution in [3.05, 3.63) is 60.4 Å². The molecule has 0 bridgehead atoms. The molecule has 8 nitrogen and oxygen atoms in total. The van der Waals surface area contributed by atoms with Crippen molar-refractivity contribution in [2.45, 2.75) is 56.2 Å². The van der Waals surface area contributed by atoms with E-state index in [1.54, 1.807) is 13.8 Å². The van der Waals surface area contributed by atoms with Gasteiger partial charge in [-0.25, -0.2) is 4.98 Å². The molecule has 1 aliphatic heterocycles. The minimum atomic E-state index is -0.925. The Kier molecular flexibility index (Phi) is 9.12. The van der Waals surface area contributed by atoms with Crippen molar-refractivity contribution in [2.75, 3.05) is 36.5 Å². The molecule has 1 fully saturated rings. The van der Waals surface area contributed by atoms with Gasteiger partial charge in [0.05, 0.1) is 13.2 Å². The molecule has 0 atom stereocenters. The number of carboxylic acid groups (broad SMARTS) is 1. The number of aliphatic carboxylic acids is 1. The minimum absolute atomic E-state index is 0.255. The van der Waals surface area contributed by atoms with E-state index in [1.165, 1.54) is 11.8 Å². The number of aromatic nitrogens is 2. The molecule has 9 heteroatoms. The number of rotatable bonds is 11. The van der Waals surface area contributed by atoms with Crippen LogP contribution in [0.15, 0.2) is 59.6 Å². The average Bonchev–Trinajstić information content (AvgIpc) is 3.34. The van der Waals surface area contributed by atoms with Crippen molar-refractivity contribution < 1.29 is 19.4 Å². The fraction of sp³-hybridized carbons (Fsp3) is 0.414. The van der Waals surface area contributed by atoms with Crippen LogP contribution in [-0.4, -0.2) is 57.6 Å². The molecule has 1 amide bonds. The number of aryl methyl sites for hydroxylation is 1. The molecule has 1 saturated heterocycles. The van der Waals surface area contributed by atoms with Crippen LogP contribution in [0.4, 0.5) is 11.4 Å². The Hall–Kier alpha value is -3.30. The molecule has 202 valence electrons. The zero-order valence-electron chi connectivity index (χ0n) is 22.3. The molecule has 1 aromatic heterocycles. The molecule has 0 saturated carbocycles. The smallest absolute Gasteiger partial charge is 0.319 e. The van der Waals surface area contributed by atoms with Gasteiger partial charge in [0.25, 0.3) is 5.91 Å². The lowest BCUT2D eigenvalue weighted by Gasteiger charge is -2.28. The Bertz CT molecular complexity index is 1230. The number of nitrogens with one attached hydrogen (secondary N) is 1. The number of carboxylic acids is 1. The van der Waals surface area contributed by atoms with Gasteiger partial charge in [-0.05, 0) is 56.7 Å². The molecule has 0 aliphatic carbocycles. The number of ether oxygens (including phenoxy) is 1. The highest BCUT2D eigenvalue weighted by Gasteiger charge is 2.28. The van der Waals surface area contributed by atoms with Gasteiger partial charge in [0, 0.05) is 47.7 Å². The van der Waals surface area contributed by atoms with Crippen molar-refractivity contribution in [1.29, 1.82) is 0 Å². The van der Waals surface area contributed by atoms with Gasteiger partial charge in [-0.15, -0.1) is 11.8 Å². The molecule has 0 unspecified atom stereocenters. The fourth-order valence-electron chi connectivity index (χ4n) is 4.24. The van der Waals surface area contributed by atoms with Gasteiger partial charge in [0.1, 0.15) is 16.3 Å². The SMILES string of the molecule is CCCCCn1cc(C(=O)Nc2ccc(N3CCOCC3)cc2)nc1-c1ccc(SC(C)(C)C(=O)O)cc1. The van der Waals surface area contributed by atoms with E-state index in [0.29, 0.717) is 5.69 Å². The Labute approximate surface area is 228 Å². The first-order chi connectivity index (χ1) is 18.3. The predicted molar refractivity (Wildman–Crippen MR) is 152 cm³/mol. The van der Waals surface area contributed by atoms with Crippen LogP contribution < -0.4 is 10.2 Å². The second-order valence-electron chi connectivity index (χ2n) is 9.89. The summed E-state index contributed by atoms with van der Waals surface area (Å²) in [6.07, 6.45) is 5.00. The number of hydrogen-bond donors (Lipinski definition) is 2. The third-order valence-electron chi connectivity index (χ3n) is 6.51. The first-order valence-electron chi connectivity index (χ1n) is 13.1. The van der Waals surface area contributed by atoms with E-state index in [0.717, 1.165) is 79.8 Å². The zero-order chi connectivity index (χ0) is 27.1. The molecular weight excluding hydrogens is 500 g/mol. The largest absolute Gasteiger partial charge is 0.480 e. The summed E-state index contributed by atoms with van der Waals surface area (Å²) in [4.78, 5) is 32.5. The Morgan fingerprint density at radius 1 is 1.05 bits per heavy atom. The summed E-state index contributed by atoms with van der Waals surface area (Å²) < 4.78 is 6.54. The van der Waals surface area contributed by atoms with Gasteiger partial charge in [-0.3, -0.25) is 9.59 Å². The number of amides is 1. The molecule has 1 aliphatic rings. The quantitative estimate of drug-likeness (QED) is 0.237. The maximum absolute atomic E-state index is 13.1. The maximum Gasteiger partial charge on any atom is 0.319 e. The molecule has 38 heavy (non-hydrogen) atoms. The van der Waals surface area contributed by atoms with E-state index in [9.17, 15) is 14.7 Å². The monoisotopic (exact) mass is 536 g/mol. The van der Waals surface area contributed by atoms with E-state index in [1.807, 2.05) is 59.3 Å². The first-order valence-corrected chi connectivity index (χ1v) is 13.9. The molecular formula is C29H36N4O4S. The maximum atomic E-state index is 13.1. The average molecular weight is 537 g/mol. The first kappa shape index (κ1) is 27.7. The van der Waals surface area contributed by atoms with E-state index < -0.39 is 10.7 Å². The third-order valence-corrected chi connectivity index (χ3v) is 7.71. The minimum Gasteiger partial charge on any atom is -0.480 e. The van der Waals surface area contributed by atoms with E-state index >= 15 is 0 Å². The Balaban J connectivity index is 1.50. The summed E-state index contributed by atoms with van der Waals surface area (Å²) >= 11 is 1.30. The predicted octanol–water partition coefficient (Wildman–Crippen LogP) is 5.78. The van der Waals surface area contributed by atoms with Gasteiger partial charge in [0.2, 0.25) is 0 Å². The van der Waals surface area contributed by atoms with Crippen molar-refractivity contribution in [3.8, 4) is 11.4 Å². The van der Waals surface area contributed by atoms with Crippen LogP contribution in [0.3, 0.4) is 0 Å². The van der Waals surface area contributed by atoms with Crippen LogP contribution in [0.25, 0.3) is 11.4 Å². The number of carbonyl (C=O) groups excluding carboxylic acids is 1. The molecule has 4 rings (SSSR count). The number of hydrogen-bond acceptors (Lipinski definition) is 6. The standard InChI is InChI=1S/C29H36N4O4S/c1-4-5-6-15-33-20-25(27(34)30-22-9-11-23(12-10-22)32-16-18-37-19-17-32)31-26(33)21-7-13-24(14-8-21)38-29(2,3)28(35)36/h7-14,20H,4-6,15-19H2,1-3H3,(H,30,34)(H,35,36). The van der Waals surface area contributed by atoms with Gasteiger partial charge in [-0.1, -0.05) is 31.9 Å². The summed E-state index contributed by atoms with van der Waals surface area (Å²) in [6.45, 7) is 9.48. The Morgan fingerprint density at radius 3 is 2.37 bits per heavy atom. The van der Waals surface area contributed by atoms with Crippen LogP contribution >= 0.6 is 11.8 Å². The number of benzene rings is 2. The highest BCUT2D eigenvalue weighted by molar-refractivity contribution is 8.01. The van der Waals surface area contributed by atoms with Crippen LogP contribution in [-0.2, 0) is 16.1 Å². The third kappa shape index (κ3) is 6.96. The second kappa shape index (κ2) is 12.5. The van der Waals surface area contributed by atoms with Gasteiger partial charge in [0.15, 0.2) is 0 Å². The summed E-state index contributed by atoms with van der Waals surface area (Å²) in [5.41, 5.74) is 3.07. The molecule has 0 radical (unpaired) electrons. The topological polar surface area (TPSA) is 96.7 Å². The highest BCUT2D eigenvalue weighted by Crippen LogP contribution is 2.34.